The lowest BCUT2D eigenvalue weighted by atomic mass is 10.1. The van der Waals surface area contributed by atoms with Gasteiger partial charge in [-0.25, -0.2) is 0 Å². The number of pyridine rings is 1. The highest BCUT2D eigenvalue weighted by atomic mass is 15.1. The van der Waals surface area contributed by atoms with E-state index in [0.29, 0.717) is 6.42 Å². The molecule has 2 rings (SSSR count). The average molecular weight is 225 g/mol. The first-order valence-electron chi connectivity index (χ1n) is 5.69. The molecule has 17 heavy (non-hydrogen) atoms. The Morgan fingerprint density at radius 3 is 3.06 bits per heavy atom. The van der Waals surface area contributed by atoms with E-state index >= 15 is 0 Å². The van der Waals surface area contributed by atoms with Crippen LogP contribution in [0.15, 0.2) is 36.5 Å². The lowest BCUT2D eigenvalue weighted by Crippen LogP contribution is -2.18. The summed E-state index contributed by atoms with van der Waals surface area (Å²) >= 11 is 0. The van der Waals surface area contributed by atoms with Gasteiger partial charge in [-0.2, -0.15) is 5.26 Å². The maximum absolute atomic E-state index is 8.54. The smallest absolute Gasteiger partial charge is 0.0702 e. The highest BCUT2D eigenvalue weighted by Gasteiger charge is 2.01. The van der Waals surface area contributed by atoms with E-state index in [4.69, 9.17) is 5.26 Å². The summed E-state index contributed by atoms with van der Waals surface area (Å²) in [5.41, 5.74) is 2.28. The second kappa shape index (κ2) is 5.42. The fourth-order valence-corrected chi connectivity index (χ4v) is 1.86. The number of aromatic nitrogens is 1. The van der Waals surface area contributed by atoms with Crippen molar-refractivity contribution in [1.29, 1.82) is 5.26 Å². The topological polar surface area (TPSA) is 39.9 Å². The van der Waals surface area contributed by atoms with Gasteiger partial charge in [0, 0.05) is 31.1 Å². The molecule has 86 valence electrons. The molecule has 0 spiro atoms. The Kier molecular flexibility index (Phi) is 3.69. The molecule has 0 saturated carbocycles. The predicted molar refractivity (Wildman–Crippen MR) is 68.3 cm³/mol. The number of nitriles is 1. The molecule has 0 aliphatic rings. The van der Waals surface area contributed by atoms with E-state index in [2.05, 4.69) is 34.2 Å². The van der Waals surface area contributed by atoms with Crippen LogP contribution in [0, 0.1) is 11.3 Å². The van der Waals surface area contributed by atoms with Gasteiger partial charge in [0.1, 0.15) is 0 Å². The third-order valence-corrected chi connectivity index (χ3v) is 2.73. The molecule has 0 aliphatic heterocycles. The summed E-state index contributed by atoms with van der Waals surface area (Å²) in [6, 6.07) is 12.5. The predicted octanol–water partition coefficient (Wildman–Crippen LogP) is 2.58. The van der Waals surface area contributed by atoms with Gasteiger partial charge in [0.05, 0.1) is 11.6 Å². The lowest BCUT2D eigenvalue weighted by molar-refractivity contribution is 0.335. The van der Waals surface area contributed by atoms with Crippen LogP contribution in [0.5, 0.6) is 0 Å². The summed E-state index contributed by atoms with van der Waals surface area (Å²) < 4.78 is 0. The van der Waals surface area contributed by atoms with Crippen LogP contribution in [0.3, 0.4) is 0 Å². The zero-order valence-corrected chi connectivity index (χ0v) is 9.93. The Morgan fingerprint density at radius 1 is 1.35 bits per heavy atom. The molecule has 0 unspecified atom stereocenters. The third kappa shape index (κ3) is 3.02. The minimum absolute atomic E-state index is 0.575. The van der Waals surface area contributed by atoms with Crippen LogP contribution >= 0.6 is 0 Å². The van der Waals surface area contributed by atoms with Gasteiger partial charge in [0.15, 0.2) is 0 Å². The van der Waals surface area contributed by atoms with Crippen LogP contribution in [0.2, 0.25) is 0 Å². The van der Waals surface area contributed by atoms with Crippen LogP contribution in [0.25, 0.3) is 10.9 Å². The Bertz CT molecular complexity index is 542. The molecule has 3 heteroatoms. The fourth-order valence-electron chi connectivity index (χ4n) is 1.86. The van der Waals surface area contributed by atoms with E-state index in [1.807, 2.05) is 19.2 Å². The van der Waals surface area contributed by atoms with Crippen molar-refractivity contribution in [2.75, 3.05) is 13.6 Å². The van der Waals surface area contributed by atoms with Crippen molar-refractivity contribution < 1.29 is 0 Å². The molecule has 1 heterocycles. The zero-order chi connectivity index (χ0) is 12.1. The van der Waals surface area contributed by atoms with E-state index in [0.717, 1.165) is 18.6 Å². The van der Waals surface area contributed by atoms with Crippen molar-refractivity contribution in [1.82, 2.24) is 9.88 Å². The monoisotopic (exact) mass is 225 g/mol. The summed E-state index contributed by atoms with van der Waals surface area (Å²) in [7, 11) is 2.03. The minimum atomic E-state index is 0.575. The maximum atomic E-state index is 8.54. The van der Waals surface area contributed by atoms with Crippen molar-refractivity contribution in [3.63, 3.8) is 0 Å². The third-order valence-electron chi connectivity index (χ3n) is 2.73. The zero-order valence-electron chi connectivity index (χ0n) is 9.93. The number of hydrogen-bond acceptors (Lipinski definition) is 3. The summed E-state index contributed by atoms with van der Waals surface area (Å²) in [5, 5.41) is 9.70. The average Bonchev–Trinajstić information content (AvgIpc) is 2.36. The summed E-state index contributed by atoms with van der Waals surface area (Å²) in [4.78, 5) is 6.45. The number of rotatable bonds is 4. The SMILES string of the molecule is CN(CCC#N)Cc1ccc2ncccc2c1. The normalized spacial score (nSPS) is 10.6. The van der Waals surface area contributed by atoms with Gasteiger partial charge < -0.3 is 4.90 Å². The molecule has 2 aromatic rings. The molecule has 1 aromatic carbocycles. The molecular weight excluding hydrogens is 210 g/mol. The van der Waals surface area contributed by atoms with Crippen molar-refractivity contribution in [3.8, 4) is 6.07 Å². The molecule has 0 saturated heterocycles. The first-order chi connectivity index (χ1) is 8.29. The second-order valence-corrected chi connectivity index (χ2v) is 4.18. The summed E-state index contributed by atoms with van der Waals surface area (Å²) in [5.74, 6) is 0. The van der Waals surface area contributed by atoms with E-state index in [-0.39, 0.29) is 0 Å². The number of fused-ring (bicyclic) bond motifs is 1. The molecule has 0 atom stereocenters. The highest BCUT2D eigenvalue weighted by molar-refractivity contribution is 5.78. The van der Waals surface area contributed by atoms with E-state index in [1.165, 1.54) is 10.9 Å². The molecule has 1 aromatic heterocycles. The van der Waals surface area contributed by atoms with Crippen LogP contribution in [-0.2, 0) is 6.54 Å². The van der Waals surface area contributed by atoms with Gasteiger partial charge in [-0.1, -0.05) is 12.1 Å². The Balaban J connectivity index is 2.11. The van der Waals surface area contributed by atoms with Gasteiger partial charge in [0.25, 0.3) is 0 Å². The van der Waals surface area contributed by atoms with Gasteiger partial charge in [-0.05, 0) is 30.8 Å². The molecule has 0 N–H and O–H groups in total. The van der Waals surface area contributed by atoms with Crippen molar-refractivity contribution in [3.05, 3.63) is 42.1 Å². The largest absolute Gasteiger partial charge is 0.301 e. The highest BCUT2D eigenvalue weighted by Crippen LogP contribution is 2.14. The number of hydrogen-bond donors (Lipinski definition) is 0. The molecule has 0 fully saturated rings. The number of nitrogens with zero attached hydrogens (tertiary/aromatic N) is 3. The summed E-state index contributed by atoms with van der Waals surface area (Å²) in [6.07, 6.45) is 2.38. The minimum Gasteiger partial charge on any atom is -0.301 e. The second-order valence-electron chi connectivity index (χ2n) is 4.18. The summed E-state index contributed by atoms with van der Waals surface area (Å²) in [6.45, 7) is 1.67. The standard InChI is InChI=1S/C14H15N3/c1-17(9-3-7-15)11-12-5-6-14-13(10-12)4-2-8-16-14/h2,4-6,8,10H,3,9,11H2,1H3. The van der Waals surface area contributed by atoms with Crippen molar-refractivity contribution >= 4 is 10.9 Å². The van der Waals surface area contributed by atoms with Crippen LogP contribution in [0.4, 0.5) is 0 Å². The van der Waals surface area contributed by atoms with Crippen molar-refractivity contribution in [2.45, 2.75) is 13.0 Å². The van der Waals surface area contributed by atoms with E-state index < -0.39 is 0 Å². The Hall–Kier alpha value is -1.92. The van der Waals surface area contributed by atoms with Gasteiger partial charge in [-0.3, -0.25) is 4.98 Å². The first kappa shape index (κ1) is 11.6. The van der Waals surface area contributed by atoms with Crippen molar-refractivity contribution in [2.24, 2.45) is 0 Å². The maximum Gasteiger partial charge on any atom is 0.0702 e. The lowest BCUT2D eigenvalue weighted by Gasteiger charge is -2.14. The van der Waals surface area contributed by atoms with E-state index in [1.54, 1.807) is 6.20 Å². The van der Waals surface area contributed by atoms with Crippen LogP contribution in [-0.4, -0.2) is 23.5 Å². The van der Waals surface area contributed by atoms with Crippen LogP contribution < -0.4 is 0 Å². The molecule has 0 amide bonds. The Labute approximate surface area is 101 Å². The fraction of sp³-hybridized carbons (Fsp3) is 0.286. The first-order valence-corrected chi connectivity index (χ1v) is 5.69. The quantitative estimate of drug-likeness (QED) is 0.803. The van der Waals surface area contributed by atoms with Gasteiger partial charge in [0.2, 0.25) is 0 Å². The molecule has 0 aliphatic carbocycles. The molecular formula is C14H15N3. The molecule has 0 radical (unpaired) electrons. The van der Waals surface area contributed by atoms with E-state index in [9.17, 15) is 0 Å². The Morgan fingerprint density at radius 2 is 2.24 bits per heavy atom. The van der Waals surface area contributed by atoms with Gasteiger partial charge >= 0.3 is 0 Å². The number of benzene rings is 1. The molecule has 3 nitrogen and oxygen atoms in total. The molecule has 0 bridgehead atoms. The van der Waals surface area contributed by atoms with Crippen LogP contribution in [0.1, 0.15) is 12.0 Å². The van der Waals surface area contributed by atoms with Gasteiger partial charge in [-0.15, -0.1) is 0 Å².